The molecule has 0 aliphatic carbocycles. The largest absolute Gasteiger partial charge is 0.394 e. The second-order valence-electron chi connectivity index (χ2n) is 8.14. The molecule has 1 heterocycles. The molecule has 1 aliphatic rings. The molecule has 5 atom stereocenters. The summed E-state index contributed by atoms with van der Waals surface area (Å²) in [5.41, 5.74) is 1.98. The van der Waals surface area contributed by atoms with E-state index in [1.165, 1.54) is 0 Å². The van der Waals surface area contributed by atoms with Crippen molar-refractivity contribution in [2.24, 2.45) is 0 Å². The molecule has 0 aromatic heterocycles. The van der Waals surface area contributed by atoms with Crippen LogP contribution < -0.4 is 0 Å². The molecule has 31 heavy (non-hydrogen) atoms. The fourth-order valence-electron chi connectivity index (χ4n) is 3.62. The van der Waals surface area contributed by atoms with Gasteiger partial charge in [-0.05, 0) is 25.0 Å². The van der Waals surface area contributed by atoms with Gasteiger partial charge in [0, 0.05) is 0 Å². The first-order valence-corrected chi connectivity index (χ1v) is 10.5. The van der Waals surface area contributed by atoms with E-state index in [-0.39, 0.29) is 13.2 Å². The van der Waals surface area contributed by atoms with Crippen LogP contribution in [0.5, 0.6) is 0 Å². The molecule has 1 fully saturated rings. The summed E-state index contributed by atoms with van der Waals surface area (Å²) in [6.07, 6.45) is -4.92. The zero-order valence-electron chi connectivity index (χ0n) is 18.0. The Kier molecular flexibility index (Phi) is 8.57. The number of ether oxygens (including phenoxy) is 4. The average molecular weight is 433 g/mol. The molecule has 1 saturated heterocycles. The summed E-state index contributed by atoms with van der Waals surface area (Å²) < 4.78 is 24.0. The van der Waals surface area contributed by atoms with Crippen molar-refractivity contribution in [3.05, 3.63) is 71.8 Å². The number of benzene rings is 2. The maximum absolute atomic E-state index is 10.7. The highest BCUT2D eigenvalue weighted by Crippen LogP contribution is 2.32. The Hall–Kier alpha value is -1.84. The fraction of sp³-hybridized carbons (Fsp3) is 0.500. The Morgan fingerprint density at radius 1 is 0.903 bits per heavy atom. The molecular formula is C24H32O7. The number of aliphatic hydroxyl groups is 3. The first-order chi connectivity index (χ1) is 14.9. The molecule has 0 unspecified atom stereocenters. The minimum absolute atomic E-state index is 0.208. The third kappa shape index (κ3) is 6.82. The Morgan fingerprint density at radius 3 is 2.06 bits per heavy atom. The first kappa shape index (κ1) is 23.8. The SMILES string of the molecule is CC1(C)O[C@@H]([C@H](O)[C@H](O)CO)[C@H](OCc2ccccc2)[C@H](COCc2ccccc2)O1. The van der Waals surface area contributed by atoms with E-state index < -0.39 is 42.9 Å². The van der Waals surface area contributed by atoms with Gasteiger partial charge in [-0.2, -0.15) is 0 Å². The van der Waals surface area contributed by atoms with E-state index in [0.717, 1.165) is 11.1 Å². The molecular weight excluding hydrogens is 400 g/mol. The highest BCUT2D eigenvalue weighted by Gasteiger charge is 2.48. The van der Waals surface area contributed by atoms with Crippen LogP contribution in [0.15, 0.2) is 60.7 Å². The van der Waals surface area contributed by atoms with Crippen molar-refractivity contribution in [1.82, 2.24) is 0 Å². The van der Waals surface area contributed by atoms with Crippen molar-refractivity contribution in [3.63, 3.8) is 0 Å². The summed E-state index contributed by atoms with van der Waals surface area (Å²) in [6, 6.07) is 19.4. The lowest BCUT2D eigenvalue weighted by molar-refractivity contribution is -0.361. The molecule has 0 amide bonds. The standard InChI is InChI=1S/C24H32O7/c1-24(2)30-20(16-28-14-17-9-5-3-6-10-17)22(23(31-24)21(27)19(26)13-25)29-15-18-11-7-4-8-12-18/h3-12,19-23,25-27H,13-16H2,1-2H3/t19-,20+,21-,22-,23+/m1/s1. The van der Waals surface area contributed by atoms with E-state index in [9.17, 15) is 15.3 Å². The van der Waals surface area contributed by atoms with E-state index in [1.54, 1.807) is 13.8 Å². The van der Waals surface area contributed by atoms with Crippen molar-refractivity contribution < 1.29 is 34.3 Å². The molecule has 0 saturated carbocycles. The molecule has 2 aromatic carbocycles. The van der Waals surface area contributed by atoms with Crippen molar-refractivity contribution >= 4 is 0 Å². The molecule has 0 bridgehead atoms. The molecule has 170 valence electrons. The smallest absolute Gasteiger partial charge is 0.164 e. The van der Waals surface area contributed by atoms with Crippen LogP contribution in [0.2, 0.25) is 0 Å². The van der Waals surface area contributed by atoms with Crippen molar-refractivity contribution in [2.45, 2.75) is 63.4 Å². The number of hydrogen-bond donors (Lipinski definition) is 3. The molecule has 0 radical (unpaired) electrons. The summed E-state index contributed by atoms with van der Waals surface area (Å²) in [5, 5.41) is 30.0. The lowest BCUT2D eigenvalue weighted by Crippen LogP contribution is -2.62. The van der Waals surface area contributed by atoms with Crippen molar-refractivity contribution in [3.8, 4) is 0 Å². The first-order valence-electron chi connectivity index (χ1n) is 10.5. The third-order valence-corrected chi connectivity index (χ3v) is 5.14. The second-order valence-corrected chi connectivity index (χ2v) is 8.14. The third-order valence-electron chi connectivity index (χ3n) is 5.14. The van der Waals surface area contributed by atoms with Crippen LogP contribution in [0.25, 0.3) is 0 Å². The summed E-state index contributed by atoms with van der Waals surface area (Å²) >= 11 is 0. The van der Waals surface area contributed by atoms with Crippen molar-refractivity contribution in [2.75, 3.05) is 13.2 Å². The zero-order valence-corrected chi connectivity index (χ0v) is 18.0. The normalized spacial score (nSPS) is 25.1. The van der Waals surface area contributed by atoms with Gasteiger partial charge in [0.25, 0.3) is 0 Å². The summed E-state index contributed by atoms with van der Waals surface area (Å²) in [5.74, 6) is -1.03. The van der Waals surface area contributed by atoms with Gasteiger partial charge in [0.15, 0.2) is 5.79 Å². The van der Waals surface area contributed by atoms with E-state index in [1.807, 2.05) is 60.7 Å². The average Bonchev–Trinajstić information content (AvgIpc) is 2.78. The maximum atomic E-state index is 10.7. The minimum Gasteiger partial charge on any atom is -0.394 e. The van der Waals surface area contributed by atoms with E-state index in [0.29, 0.717) is 6.61 Å². The van der Waals surface area contributed by atoms with Crippen molar-refractivity contribution in [1.29, 1.82) is 0 Å². The number of hydrogen-bond acceptors (Lipinski definition) is 7. The highest BCUT2D eigenvalue weighted by molar-refractivity contribution is 5.14. The van der Waals surface area contributed by atoms with Gasteiger partial charge in [-0.1, -0.05) is 60.7 Å². The monoisotopic (exact) mass is 432 g/mol. The van der Waals surface area contributed by atoms with E-state index >= 15 is 0 Å². The van der Waals surface area contributed by atoms with Gasteiger partial charge in [-0.3, -0.25) is 0 Å². The molecule has 1 aliphatic heterocycles. The van der Waals surface area contributed by atoms with Gasteiger partial charge in [-0.15, -0.1) is 0 Å². The summed E-state index contributed by atoms with van der Waals surface area (Å²) in [7, 11) is 0. The Morgan fingerprint density at radius 2 is 1.48 bits per heavy atom. The van der Waals surface area contributed by atoms with Gasteiger partial charge in [-0.25, -0.2) is 0 Å². The quantitative estimate of drug-likeness (QED) is 0.528. The van der Waals surface area contributed by atoms with Gasteiger partial charge >= 0.3 is 0 Å². The lowest BCUT2D eigenvalue weighted by atomic mass is 9.96. The molecule has 0 spiro atoms. The van der Waals surface area contributed by atoms with Gasteiger partial charge in [0.05, 0.1) is 26.4 Å². The van der Waals surface area contributed by atoms with Crippen LogP contribution in [-0.2, 0) is 32.2 Å². The van der Waals surface area contributed by atoms with E-state index in [4.69, 9.17) is 18.9 Å². The topological polar surface area (TPSA) is 97.6 Å². The number of rotatable bonds is 10. The maximum Gasteiger partial charge on any atom is 0.164 e. The van der Waals surface area contributed by atoms with E-state index in [2.05, 4.69) is 0 Å². The summed E-state index contributed by atoms with van der Waals surface area (Å²) in [4.78, 5) is 0. The Bertz CT molecular complexity index is 768. The minimum atomic E-state index is -1.37. The van der Waals surface area contributed by atoms with Crippen LogP contribution in [0.3, 0.4) is 0 Å². The van der Waals surface area contributed by atoms with Crippen LogP contribution in [0.4, 0.5) is 0 Å². The van der Waals surface area contributed by atoms with Crippen LogP contribution >= 0.6 is 0 Å². The Labute approximate surface area is 183 Å². The number of aliphatic hydroxyl groups excluding tert-OH is 3. The highest BCUT2D eigenvalue weighted by atomic mass is 16.7. The van der Waals surface area contributed by atoms with Crippen LogP contribution in [0, 0.1) is 0 Å². The summed E-state index contributed by atoms with van der Waals surface area (Å²) in [6.45, 7) is 3.75. The molecule has 3 N–H and O–H groups in total. The van der Waals surface area contributed by atoms with Gasteiger partial charge < -0.3 is 34.3 Å². The second kappa shape index (κ2) is 11.2. The fourth-order valence-corrected chi connectivity index (χ4v) is 3.62. The zero-order chi connectivity index (χ0) is 22.3. The predicted molar refractivity (Wildman–Crippen MR) is 114 cm³/mol. The van der Waals surface area contributed by atoms with Gasteiger partial charge in [0.2, 0.25) is 0 Å². The van der Waals surface area contributed by atoms with Crippen LogP contribution in [0.1, 0.15) is 25.0 Å². The predicted octanol–water partition coefficient (Wildman–Crippen LogP) is 2.02. The Balaban J connectivity index is 1.75. The van der Waals surface area contributed by atoms with Crippen LogP contribution in [-0.4, -0.2) is 64.8 Å². The molecule has 7 heteroatoms. The lowest BCUT2D eigenvalue weighted by Gasteiger charge is -2.47. The van der Waals surface area contributed by atoms with Gasteiger partial charge in [0.1, 0.15) is 30.5 Å². The molecule has 2 aromatic rings. The molecule has 3 rings (SSSR count). The molecule has 7 nitrogen and oxygen atoms in total.